The first-order valence-electron chi connectivity index (χ1n) is 11.1. The van der Waals surface area contributed by atoms with Crippen molar-refractivity contribution in [1.29, 1.82) is 0 Å². The Morgan fingerprint density at radius 3 is 2.30 bits per heavy atom. The monoisotopic (exact) mass is 465 g/mol. The first kappa shape index (κ1) is 24.6. The summed E-state index contributed by atoms with van der Waals surface area (Å²) in [5, 5.41) is 2.93. The second kappa shape index (κ2) is 10.7. The third-order valence-electron chi connectivity index (χ3n) is 5.39. The molecule has 1 amide bonds. The molecule has 0 spiro atoms. The first-order chi connectivity index (χ1) is 15.7. The molecule has 0 bridgehead atoms. The molecule has 2 aromatic carbocycles. The highest BCUT2D eigenvalue weighted by Crippen LogP contribution is 2.30. The topological polar surface area (TPSA) is 82.5 Å². The number of benzene rings is 2. The highest BCUT2D eigenvalue weighted by molar-refractivity contribution is 7.80. The number of rotatable bonds is 8. The Hall–Kier alpha value is -3.03. The minimum absolute atomic E-state index is 0.0530. The molecule has 1 aromatic heterocycles. The van der Waals surface area contributed by atoms with Crippen molar-refractivity contribution in [2.75, 3.05) is 16.2 Å². The van der Waals surface area contributed by atoms with Crippen LogP contribution in [0.2, 0.25) is 0 Å². The maximum Gasteiger partial charge on any atom is 0.261 e. The quantitative estimate of drug-likeness (QED) is 0.397. The molecule has 2 N–H and O–H groups in total. The Morgan fingerprint density at radius 1 is 1.06 bits per heavy atom. The fraction of sp³-hybridized carbons (Fsp3) is 0.308. The van der Waals surface area contributed by atoms with Gasteiger partial charge in [0.2, 0.25) is 0 Å². The number of anilines is 2. The maximum atomic E-state index is 12.7. The van der Waals surface area contributed by atoms with E-state index in [0.29, 0.717) is 23.5 Å². The highest BCUT2D eigenvalue weighted by atomic mass is 32.2. The molecule has 174 valence electrons. The smallest absolute Gasteiger partial charge is 0.261 e. The summed E-state index contributed by atoms with van der Waals surface area (Å²) >= 11 is -2.15. The first-order valence-corrected chi connectivity index (χ1v) is 12.1. The molecule has 1 heterocycles. The zero-order valence-corrected chi connectivity index (χ0v) is 20.4. The summed E-state index contributed by atoms with van der Waals surface area (Å²) in [6, 6.07) is 18.5. The minimum Gasteiger partial charge on any atom is -0.322 e. The Morgan fingerprint density at radius 2 is 1.73 bits per heavy atom. The van der Waals surface area contributed by atoms with Gasteiger partial charge in [0.25, 0.3) is 17.2 Å². The van der Waals surface area contributed by atoms with E-state index >= 15 is 0 Å². The van der Waals surface area contributed by atoms with E-state index in [1.54, 1.807) is 30.5 Å². The lowest BCUT2D eigenvalue weighted by Gasteiger charge is -2.22. The van der Waals surface area contributed by atoms with Crippen LogP contribution in [0.5, 0.6) is 0 Å². The van der Waals surface area contributed by atoms with Crippen molar-refractivity contribution in [1.82, 2.24) is 4.98 Å². The molecule has 7 heteroatoms. The van der Waals surface area contributed by atoms with Crippen LogP contribution in [0.3, 0.4) is 0 Å². The molecule has 0 fully saturated rings. The lowest BCUT2D eigenvalue weighted by molar-refractivity contribution is 0.102. The number of pyridine rings is 1. The number of carbonyl (C=O) groups is 1. The molecule has 33 heavy (non-hydrogen) atoms. The van der Waals surface area contributed by atoms with Crippen molar-refractivity contribution in [3.05, 3.63) is 78.0 Å². The van der Waals surface area contributed by atoms with Gasteiger partial charge in [-0.2, -0.15) is 0 Å². The molecule has 3 rings (SSSR count). The summed E-state index contributed by atoms with van der Waals surface area (Å²) in [5.74, 6) is -0.202. The highest BCUT2D eigenvalue weighted by Gasteiger charge is 2.18. The van der Waals surface area contributed by atoms with Crippen LogP contribution < -0.4 is 9.62 Å². The Kier molecular flexibility index (Phi) is 8.00. The van der Waals surface area contributed by atoms with Gasteiger partial charge in [-0.1, -0.05) is 58.4 Å². The van der Waals surface area contributed by atoms with E-state index < -0.39 is 11.3 Å². The van der Waals surface area contributed by atoms with Gasteiger partial charge in [0.1, 0.15) is 0 Å². The van der Waals surface area contributed by atoms with E-state index in [1.807, 2.05) is 43.3 Å². The van der Waals surface area contributed by atoms with E-state index in [0.717, 1.165) is 24.1 Å². The molecular weight excluding hydrogens is 434 g/mol. The van der Waals surface area contributed by atoms with Crippen LogP contribution in [-0.4, -0.2) is 26.2 Å². The van der Waals surface area contributed by atoms with Gasteiger partial charge in [0.05, 0.1) is 11.4 Å². The van der Waals surface area contributed by atoms with Crippen molar-refractivity contribution in [2.24, 2.45) is 0 Å². The van der Waals surface area contributed by atoms with E-state index in [2.05, 4.69) is 31.1 Å². The molecule has 1 unspecified atom stereocenters. The summed E-state index contributed by atoms with van der Waals surface area (Å²) in [4.78, 5) is 17.2. The fourth-order valence-corrected chi connectivity index (χ4v) is 4.04. The average Bonchev–Trinajstić information content (AvgIpc) is 2.79. The predicted molar refractivity (Wildman–Crippen MR) is 136 cm³/mol. The van der Waals surface area contributed by atoms with Crippen LogP contribution >= 0.6 is 0 Å². The average molecular weight is 466 g/mol. The lowest BCUT2D eigenvalue weighted by Crippen LogP contribution is -2.27. The Bertz CT molecular complexity index is 1110. The number of aromatic nitrogens is 1. The van der Waals surface area contributed by atoms with Gasteiger partial charge in [-0.15, -0.1) is 0 Å². The summed E-state index contributed by atoms with van der Waals surface area (Å²) < 4.78 is 23.2. The molecular formula is C26H31N3O3S. The summed E-state index contributed by atoms with van der Waals surface area (Å²) in [7, 11) is 0. The van der Waals surface area contributed by atoms with E-state index in [9.17, 15) is 13.6 Å². The lowest BCUT2D eigenvalue weighted by atomic mass is 9.87. The van der Waals surface area contributed by atoms with Crippen molar-refractivity contribution < 1.29 is 13.6 Å². The van der Waals surface area contributed by atoms with Crippen molar-refractivity contribution in [3.8, 4) is 11.3 Å². The van der Waals surface area contributed by atoms with Gasteiger partial charge in [-0.25, -0.2) is 4.21 Å². The van der Waals surface area contributed by atoms with Crippen molar-refractivity contribution in [3.63, 3.8) is 0 Å². The zero-order chi connectivity index (χ0) is 24.0. The van der Waals surface area contributed by atoms with Crippen molar-refractivity contribution in [2.45, 2.75) is 46.0 Å². The van der Waals surface area contributed by atoms with Crippen LogP contribution in [0.1, 0.15) is 56.5 Å². The van der Waals surface area contributed by atoms with Gasteiger partial charge in [-0.05, 0) is 53.8 Å². The fourth-order valence-electron chi connectivity index (χ4n) is 3.44. The van der Waals surface area contributed by atoms with Gasteiger partial charge in [0.15, 0.2) is 0 Å². The van der Waals surface area contributed by atoms with E-state index in [-0.39, 0.29) is 11.3 Å². The Balaban J connectivity index is 1.79. The van der Waals surface area contributed by atoms with Crippen LogP contribution in [0.25, 0.3) is 11.3 Å². The molecule has 1 atom stereocenters. The number of nitrogens with zero attached hydrogens (tertiary/aromatic N) is 2. The molecule has 3 aromatic rings. The molecule has 0 saturated heterocycles. The second-order valence-corrected chi connectivity index (χ2v) is 9.82. The number of amides is 1. The number of hydrogen-bond donors (Lipinski definition) is 2. The normalized spacial score (nSPS) is 12.3. The van der Waals surface area contributed by atoms with Gasteiger partial charge in [0, 0.05) is 29.6 Å². The van der Waals surface area contributed by atoms with E-state index in [4.69, 9.17) is 0 Å². The zero-order valence-electron chi connectivity index (χ0n) is 19.5. The molecule has 0 saturated carbocycles. The maximum absolute atomic E-state index is 12.7. The largest absolute Gasteiger partial charge is 0.322 e. The molecule has 0 aliphatic heterocycles. The standard InChI is InChI=1S/C26H31N3O3S/c1-5-6-18-29(33(31)32)23-8-7-17-27-24(23)19-9-11-20(12-10-19)25(30)28-22-15-13-21(14-16-22)26(2,3)4/h7-17H,5-6,18H2,1-4H3,(H,28,30)(H,31,32). The number of hydrogen-bond acceptors (Lipinski definition) is 3. The summed E-state index contributed by atoms with van der Waals surface area (Å²) in [6.45, 7) is 8.93. The third kappa shape index (κ3) is 6.27. The third-order valence-corrected chi connectivity index (χ3v) is 6.14. The van der Waals surface area contributed by atoms with Crippen molar-refractivity contribution >= 4 is 28.5 Å². The number of unbranched alkanes of at least 4 members (excludes halogenated alkanes) is 1. The van der Waals surface area contributed by atoms with Crippen LogP contribution in [-0.2, 0) is 16.7 Å². The molecule has 0 aliphatic rings. The van der Waals surface area contributed by atoms with Gasteiger partial charge in [-0.3, -0.25) is 18.6 Å². The molecule has 6 nitrogen and oxygen atoms in total. The minimum atomic E-state index is -2.15. The van der Waals surface area contributed by atoms with E-state index in [1.165, 1.54) is 9.87 Å². The Labute approximate surface area is 198 Å². The predicted octanol–water partition coefficient (Wildman–Crippen LogP) is 6.04. The molecule has 0 radical (unpaired) electrons. The van der Waals surface area contributed by atoms with Gasteiger partial charge >= 0.3 is 0 Å². The summed E-state index contributed by atoms with van der Waals surface area (Å²) in [6.07, 6.45) is 3.35. The number of carbonyl (C=O) groups excluding carboxylic acids is 1. The number of nitrogens with one attached hydrogen (secondary N) is 1. The van der Waals surface area contributed by atoms with Crippen LogP contribution in [0.4, 0.5) is 11.4 Å². The van der Waals surface area contributed by atoms with Gasteiger partial charge < -0.3 is 5.32 Å². The SMILES string of the molecule is CCCCN(c1cccnc1-c1ccc(C(=O)Nc2ccc(C(C)(C)C)cc2)cc1)S(=O)O. The second-order valence-electron chi connectivity index (χ2n) is 8.92. The molecule has 0 aliphatic carbocycles. The van der Waals surface area contributed by atoms with Crippen LogP contribution in [0.15, 0.2) is 66.9 Å². The van der Waals surface area contributed by atoms with Crippen LogP contribution in [0, 0.1) is 0 Å². The summed E-state index contributed by atoms with van der Waals surface area (Å²) in [5.41, 5.74) is 4.46.